The number of nitrogens with zero attached hydrogens (tertiary/aromatic N) is 4. The van der Waals surface area contributed by atoms with Gasteiger partial charge in [-0.05, 0) is 26.7 Å². The van der Waals surface area contributed by atoms with Crippen molar-refractivity contribution in [3.05, 3.63) is 17.0 Å². The maximum atomic E-state index is 12.8. The van der Waals surface area contributed by atoms with Gasteiger partial charge in [0.2, 0.25) is 5.91 Å². The molecular formula is C14H18F2N4O. The van der Waals surface area contributed by atoms with E-state index >= 15 is 0 Å². The SMILES string of the molecule is Cc1nn(C(F)F)c(C)c1CC(=O)N1CCC(C#N)CC1. The molecule has 1 aromatic rings. The maximum Gasteiger partial charge on any atom is 0.333 e. The van der Waals surface area contributed by atoms with Crippen LogP contribution in [0.25, 0.3) is 0 Å². The van der Waals surface area contributed by atoms with Crippen LogP contribution in [0.5, 0.6) is 0 Å². The van der Waals surface area contributed by atoms with Crippen LogP contribution in [-0.2, 0) is 11.2 Å². The number of carbonyl (C=O) groups excluding carboxylic acids is 1. The highest BCUT2D eigenvalue weighted by Gasteiger charge is 2.25. The average Bonchev–Trinajstić information content (AvgIpc) is 2.75. The van der Waals surface area contributed by atoms with Crippen LogP contribution >= 0.6 is 0 Å². The molecule has 2 heterocycles. The molecule has 2 rings (SSSR count). The number of nitriles is 1. The van der Waals surface area contributed by atoms with E-state index < -0.39 is 6.55 Å². The molecule has 0 aliphatic carbocycles. The third kappa shape index (κ3) is 3.20. The van der Waals surface area contributed by atoms with Gasteiger partial charge >= 0.3 is 6.55 Å². The lowest BCUT2D eigenvalue weighted by molar-refractivity contribution is -0.131. The number of halogens is 2. The lowest BCUT2D eigenvalue weighted by Gasteiger charge is -2.29. The number of aromatic nitrogens is 2. The molecule has 1 aliphatic heterocycles. The van der Waals surface area contributed by atoms with E-state index in [0.717, 1.165) is 0 Å². The highest BCUT2D eigenvalue weighted by Crippen LogP contribution is 2.22. The van der Waals surface area contributed by atoms with E-state index in [-0.39, 0.29) is 18.2 Å². The van der Waals surface area contributed by atoms with Gasteiger partial charge in [-0.15, -0.1) is 0 Å². The number of rotatable bonds is 3. The van der Waals surface area contributed by atoms with Gasteiger partial charge in [0.05, 0.1) is 18.2 Å². The van der Waals surface area contributed by atoms with Crippen LogP contribution in [0, 0.1) is 31.1 Å². The highest BCUT2D eigenvalue weighted by molar-refractivity contribution is 5.79. The molecule has 1 aliphatic rings. The number of aryl methyl sites for hydroxylation is 1. The molecule has 1 fully saturated rings. The molecule has 1 amide bonds. The van der Waals surface area contributed by atoms with Crippen LogP contribution < -0.4 is 0 Å². The van der Waals surface area contributed by atoms with E-state index in [9.17, 15) is 13.6 Å². The van der Waals surface area contributed by atoms with Crippen molar-refractivity contribution < 1.29 is 13.6 Å². The Morgan fingerprint density at radius 1 is 1.43 bits per heavy atom. The third-order valence-electron chi connectivity index (χ3n) is 4.02. The van der Waals surface area contributed by atoms with Crippen molar-refractivity contribution in [2.75, 3.05) is 13.1 Å². The summed E-state index contributed by atoms with van der Waals surface area (Å²) < 4.78 is 26.2. The number of alkyl halides is 2. The second-order valence-corrected chi connectivity index (χ2v) is 5.33. The monoisotopic (exact) mass is 296 g/mol. The van der Waals surface area contributed by atoms with Gasteiger partial charge in [0.1, 0.15) is 0 Å². The smallest absolute Gasteiger partial charge is 0.333 e. The third-order valence-corrected chi connectivity index (χ3v) is 4.02. The molecule has 21 heavy (non-hydrogen) atoms. The van der Waals surface area contributed by atoms with E-state index in [4.69, 9.17) is 5.26 Å². The van der Waals surface area contributed by atoms with Gasteiger partial charge in [0, 0.05) is 30.3 Å². The Hall–Kier alpha value is -1.97. The number of amides is 1. The number of carbonyl (C=O) groups is 1. The zero-order valence-electron chi connectivity index (χ0n) is 12.1. The summed E-state index contributed by atoms with van der Waals surface area (Å²) in [7, 11) is 0. The fraction of sp³-hybridized carbons (Fsp3) is 0.643. The van der Waals surface area contributed by atoms with Crippen molar-refractivity contribution in [2.24, 2.45) is 5.92 Å². The summed E-state index contributed by atoms with van der Waals surface area (Å²) in [5, 5.41) is 12.6. The van der Waals surface area contributed by atoms with Crippen molar-refractivity contribution in [2.45, 2.75) is 39.7 Å². The predicted octanol–water partition coefficient (Wildman–Crippen LogP) is 2.20. The Labute approximate surface area is 122 Å². The Morgan fingerprint density at radius 2 is 2.05 bits per heavy atom. The van der Waals surface area contributed by atoms with E-state index in [1.807, 2.05) is 0 Å². The van der Waals surface area contributed by atoms with Crippen LogP contribution in [0.2, 0.25) is 0 Å². The molecule has 0 saturated carbocycles. The Bertz CT molecular complexity index is 568. The standard InChI is InChI=1S/C14H18F2N4O/c1-9-12(10(2)20(18-9)14(15)16)7-13(21)19-5-3-11(8-17)4-6-19/h11,14H,3-7H2,1-2H3. The first kappa shape index (κ1) is 15.4. The second-order valence-electron chi connectivity index (χ2n) is 5.33. The molecular weight excluding hydrogens is 278 g/mol. The minimum absolute atomic E-state index is 0.0131. The van der Waals surface area contributed by atoms with Crippen LogP contribution in [0.4, 0.5) is 8.78 Å². The van der Waals surface area contributed by atoms with Gasteiger partial charge in [-0.1, -0.05) is 0 Å². The van der Waals surface area contributed by atoms with E-state index in [1.54, 1.807) is 18.7 Å². The lowest BCUT2D eigenvalue weighted by atomic mass is 9.98. The predicted molar refractivity (Wildman–Crippen MR) is 71.6 cm³/mol. The summed E-state index contributed by atoms with van der Waals surface area (Å²) in [6, 6.07) is 2.21. The summed E-state index contributed by atoms with van der Waals surface area (Å²) in [6.45, 7) is 1.60. The molecule has 114 valence electrons. The summed E-state index contributed by atoms with van der Waals surface area (Å²) in [5.74, 6) is -0.0782. The normalized spacial score (nSPS) is 16.3. The lowest BCUT2D eigenvalue weighted by Crippen LogP contribution is -2.39. The molecule has 0 bridgehead atoms. The molecule has 0 spiro atoms. The van der Waals surface area contributed by atoms with E-state index in [0.29, 0.717) is 47.6 Å². The van der Waals surface area contributed by atoms with Crippen molar-refractivity contribution in [3.63, 3.8) is 0 Å². The first-order valence-electron chi connectivity index (χ1n) is 6.94. The molecule has 0 N–H and O–H groups in total. The van der Waals surface area contributed by atoms with Crippen molar-refractivity contribution in [1.29, 1.82) is 5.26 Å². The zero-order valence-corrected chi connectivity index (χ0v) is 12.1. The van der Waals surface area contributed by atoms with Crippen LogP contribution in [0.15, 0.2) is 0 Å². The van der Waals surface area contributed by atoms with Crippen LogP contribution in [0.3, 0.4) is 0 Å². The number of hydrogen-bond donors (Lipinski definition) is 0. The van der Waals surface area contributed by atoms with Gasteiger partial charge in [-0.25, -0.2) is 4.68 Å². The molecule has 1 saturated heterocycles. The quantitative estimate of drug-likeness (QED) is 0.859. The number of piperidine rings is 1. The Kier molecular flexibility index (Phi) is 4.56. The maximum absolute atomic E-state index is 12.8. The topological polar surface area (TPSA) is 61.9 Å². The zero-order chi connectivity index (χ0) is 15.6. The molecule has 1 aromatic heterocycles. The van der Waals surface area contributed by atoms with Gasteiger partial charge < -0.3 is 4.90 Å². The molecule has 0 aromatic carbocycles. The molecule has 7 heteroatoms. The van der Waals surface area contributed by atoms with E-state index in [2.05, 4.69) is 11.2 Å². The summed E-state index contributed by atoms with van der Waals surface area (Å²) in [5.41, 5.74) is 1.37. The second kappa shape index (κ2) is 6.20. The summed E-state index contributed by atoms with van der Waals surface area (Å²) >= 11 is 0. The van der Waals surface area contributed by atoms with Crippen LogP contribution in [-0.4, -0.2) is 33.7 Å². The number of hydrogen-bond acceptors (Lipinski definition) is 3. The fourth-order valence-electron chi connectivity index (χ4n) is 2.66. The molecule has 0 atom stereocenters. The largest absolute Gasteiger partial charge is 0.342 e. The summed E-state index contributed by atoms with van der Waals surface area (Å²) in [6.07, 6.45) is 1.44. The van der Waals surface area contributed by atoms with Crippen molar-refractivity contribution >= 4 is 5.91 Å². The number of likely N-dealkylation sites (tertiary alicyclic amines) is 1. The van der Waals surface area contributed by atoms with Crippen molar-refractivity contribution in [3.8, 4) is 6.07 Å². The fourth-order valence-corrected chi connectivity index (χ4v) is 2.66. The molecule has 0 radical (unpaired) electrons. The van der Waals surface area contributed by atoms with Crippen molar-refractivity contribution in [1.82, 2.24) is 14.7 Å². The first-order valence-corrected chi connectivity index (χ1v) is 6.94. The minimum Gasteiger partial charge on any atom is -0.342 e. The Balaban J connectivity index is 2.06. The minimum atomic E-state index is -2.70. The average molecular weight is 296 g/mol. The van der Waals surface area contributed by atoms with Gasteiger partial charge in [0.25, 0.3) is 0 Å². The van der Waals surface area contributed by atoms with E-state index in [1.165, 1.54) is 0 Å². The van der Waals surface area contributed by atoms with Gasteiger partial charge in [0.15, 0.2) is 0 Å². The summed E-state index contributed by atoms with van der Waals surface area (Å²) in [4.78, 5) is 14.0. The van der Waals surface area contributed by atoms with Crippen LogP contribution in [0.1, 0.15) is 36.3 Å². The first-order chi connectivity index (χ1) is 9.93. The van der Waals surface area contributed by atoms with Gasteiger partial charge in [-0.2, -0.15) is 19.1 Å². The molecule has 0 unspecified atom stereocenters. The molecule has 5 nitrogen and oxygen atoms in total. The Morgan fingerprint density at radius 3 is 2.52 bits per heavy atom. The highest BCUT2D eigenvalue weighted by atomic mass is 19.3. The van der Waals surface area contributed by atoms with Gasteiger partial charge in [-0.3, -0.25) is 4.79 Å².